The van der Waals surface area contributed by atoms with Crippen LogP contribution in [-0.4, -0.2) is 31.6 Å². The Balaban J connectivity index is 2.58. The van der Waals surface area contributed by atoms with E-state index in [0.717, 1.165) is 5.56 Å². The number of methoxy groups -OCH3 is 1. The Kier molecular flexibility index (Phi) is 4.63. The number of hydrogen-bond donors (Lipinski definition) is 2. The molecule has 5 heteroatoms. The number of nitrogens with two attached hydrogens (primary N) is 1. The zero-order chi connectivity index (χ0) is 12.8. The maximum Gasteiger partial charge on any atom is 0.317 e. The van der Waals surface area contributed by atoms with E-state index in [1.807, 2.05) is 13.0 Å². The van der Waals surface area contributed by atoms with Crippen molar-refractivity contribution in [2.75, 3.05) is 26.4 Å². The molecular formula is C12H19N3O2. The summed E-state index contributed by atoms with van der Waals surface area (Å²) in [5, 5.41) is 2.80. The predicted octanol–water partition coefficient (Wildman–Crippen LogP) is 1.44. The monoisotopic (exact) mass is 237 g/mol. The summed E-state index contributed by atoms with van der Waals surface area (Å²) in [4.78, 5) is 13.1. The van der Waals surface area contributed by atoms with Crippen LogP contribution in [0, 0.1) is 0 Å². The van der Waals surface area contributed by atoms with Crippen molar-refractivity contribution < 1.29 is 9.53 Å². The Morgan fingerprint density at radius 2 is 2.24 bits per heavy atom. The van der Waals surface area contributed by atoms with Crippen LogP contribution in [-0.2, 0) is 6.54 Å². The van der Waals surface area contributed by atoms with Crippen LogP contribution in [0.5, 0.6) is 5.75 Å². The lowest BCUT2D eigenvalue weighted by Gasteiger charge is -2.15. The first-order valence-electron chi connectivity index (χ1n) is 5.49. The second-order valence-electron chi connectivity index (χ2n) is 3.75. The van der Waals surface area contributed by atoms with E-state index in [4.69, 9.17) is 10.5 Å². The SMILES string of the molecule is CCN(C)C(=O)NCc1ccc(OC)c(N)c1. The minimum absolute atomic E-state index is 0.0955. The van der Waals surface area contributed by atoms with Crippen molar-refractivity contribution in [3.8, 4) is 5.75 Å². The first kappa shape index (κ1) is 13.2. The number of carbonyl (C=O) groups excluding carboxylic acids is 1. The van der Waals surface area contributed by atoms with E-state index >= 15 is 0 Å². The average molecular weight is 237 g/mol. The van der Waals surface area contributed by atoms with Gasteiger partial charge in [0.25, 0.3) is 0 Å². The summed E-state index contributed by atoms with van der Waals surface area (Å²) in [5.41, 5.74) is 7.29. The van der Waals surface area contributed by atoms with Crippen molar-refractivity contribution in [1.82, 2.24) is 10.2 Å². The maximum absolute atomic E-state index is 11.5. The van der Waals surface area contributed by atoms with Crippen molar-refractivity contribution in [2.24, 2.45) is 0 Å². The summed E-state index contributed by atoms with van der Waals surface area (Å²) in [6.07, 6.45) is 0. The fraction of sp³-hybridized carbons (Fsp3) is 0.417. The van der Waals surface area contributed by atoms with Crippen molar-refractivity contribution >= 4 is 11.7 Å². The summed E-state index contributed by atoms with van der Waals surface area (Å²) >= 11 is 0. The Morgan fingerprint density at radius 3 is 2.76 bits per heavy atom. The minimum atomic E-state index is -0.0955. The molecule has 0 aliphatic rings. The van der Waals surface area contributed by atoms with Gasteiger partial charge in [-0.3, -0.25) is 0 Å². The standard InChI is InChI=1S/C12H19N3O2/c1-4-15(2)12(16)14-8-9-5-6-11(17-3)10(13)7-9/h5-7H,4,8,13H2,1-3H3,(H,14,16). The molecule has 0 saturated carbocycles. The zero-order valence-electron chi connectivity index (χ0n) is 10.5. The molecule has 0 aliphatic carbocycles. The normalized spacial score (nSPS) is 9.82. The number of amides is 2. The van der Waals surface area contributed by atoms with Gasteiger partial charge in [0.05, 0.1) is 12.8 Å². The van der Waals surface area contributed by atoms with Crippen LogP contribution in [0.1, 0.15) is 12.5 Å². The number of benzene rings is 1. The van der Waals surface area contributed by atoms with Crippen molar-refractivity contribution in [3.63, 3.8) is 0 Å². The summed E-state index contributed by atoms with van der Waals surface area (Å²) in [6, 6.07) is 5.37. The summed E-state index contributed by atoms with van der Waals surface area (Å²) in [5.74, 6) is 0.644. The second kappa shape index (κ2) is 5.98. The van der Waals surface area contributed by atoms with Crippen LogP contribution in [0.3, 0.4) is 0 Å². The zero-order valence-corrected chi connectivity index (χ0v) is 10.5. The highest BCUT2D eigenvalue weighted by atomic mass is 16.5. The van der Waals surface area contributed by atoms with Crippen molar-refractivity contribution in [2.45, 2.75) is 13.5 Å². The topological polar surface area (TPSA) is 67.6 Å². The van der Waals surface area contributed by atoms with Gasteiger partial charge in [0.2, 0.25) is 0 Å². The predicted molar refractivity (Wildman–Crippen MR) is 67.9 cm³/mol. The van der Waals surface area contributed by atoms with Crippen LogP contribution in [0.15, 0.2) is 18.2 Å². The van der Waals surface area contributed by atoms with Gasteiger partial charge in [-0.2, -0.15) is 0 Å². The van der Waals surface area contributed by atoms with Crippen LogP contribution in [0.2, 0.25) is 0 Å². The molecule has 94 valence electrons. The molecule has 0 heterocycles. The molecule has 0 spiro atoms. The first-order chi connectivity index (χ1) is 8.08. The Labute approximate surface area is 102 Å². The molecule has 0 atom stereocenters. The molecule has 0 saturated heterocycles. The molecule has 0 fully saturated rings. The molecule has 2 amide bonds. The van der Waals surface area contributed by atoms with E-state index in [9.17, 15) is 4.79 Å². The molecule has 17 heavy (non-hydrogen) atoms. The quantitative estimate of drug-likeness (QED) is 0.779. The highest BCUT2D eigenvalue weighted by Crippen LogP contribution is 2.21. The number of urea groups is 1. The second-order valence-corrected chi connectivity index (χ2v) is 3.75. The molecule has 0 radical (unpaired) electrons. The largest absolute Gasteiger partial charge is 0.495 e. The number of nitrogen functional groups attached to an aromatic ring is 1. The number of nitrogens with zero attached hydrogens (tertiary/aromatic N) is 1. The van der Waals surface area contributed by atoms with Gasteiger partial charge in [0.15, 0.2) is 0 Å². The van der Waals surface area contributed by atoms with Crippen molar-refractivity contribution in [3.05, 3.63) is 23.8 Å². The van der Waals surface area contributed by atoms with Gasteiger partial charge in [-0.25, -0.2) is 4.79 Å². The van der Waals surface area contributed by atoms with E-state index in [0.29, 0.717) is 24.5 Å². The van der Waals surface area contributed by atoms with E-state index in [1.165, 1.54) is 0 Å². The van der Waals surface area contributed by atoms with Gasteiger partial charge < -0.3 is 20.7 Å². The average Bonchev–Trinajstić information content (AvgIpc) is 2.35. The lowest BCUT2D eigenvalue weighted by molar-refractivity contribution is 0.210. The van der Waals surface area contributed by atoms with E-state index < -0.39 is 0 Å². The Hall–Kier alpha value is -1.91. The number of nitrogens with one attached hydrogen (secondary N) is 1. The summed E-state index contributed by atoms with van der Waals surface area (Å²) < 4.78 is 5.06. The van der Waals surface area contributed by atoms with Gasteiger partial charge in [-0.05, 0) is 24.6 Å². The molecule has 1 aromatic rings. The number of anilines is 1. The lowest BCUT2D eigenvalue weighted by atomic mass is 10.2. The third-order valence-electron chi connectivity index (χ3n) is 2.56. The van der Waals surface area contributed by atoms with Crippen LogP contribution < -0.4 is 15.8 Å². The molecular weight excluding hydrogens is 218 g/mol. The fourth-order valence-corrected chi connectivity index (χ4v) is 1.35. The number of rotatable bonds is 4. The van der Waals surface area contributed by atoms with Crippen LogP contribution >= 0.6 is 0 Å². The van der Waals surface area contributed by atoms with Crippen LogP contribution in [0.25, 0.3) is 0 Å². The minimum Gasteiger partial charge on any atom is -0.495 e. The maximum atomic E-state index is 11.5. The number of ether oxygens (including phenoxy) is 1. The van der Waals surface area contributed by atoms with E-state index in [-0.39, 0.29) is 6.03 Å². The van der Waals surface area contributed by atoms with Crippen molar-refractivity contribution in [1.29, 1.82) is 0 Å². The molecule has 0 unspecified atom stereocenters. The smallest absolute Gasteiger partial charge is 0.317 e. The molecule has 0 bridgehead atoms. The molecule has 0 aromatic heterocycles. The van der Waals surface area contributed by atoms with E-state index in [1.54, 1.807) is 31.2 Å². The van der Waals surface area contributed by atoms with Gasteiger partial charge in [0, 0.05) is 20.1 Å². The lowest BCUT2D eigenvalue weighted by Crippen LogP contribution is -2.36. The van der Waals surface area contributed by atoms with Gasteiger partial charge in [0.1, 0.15) is 5.75 Å². The third kappa shape index (κ3) is 3.55. The molecule has 5 nitrogen and oxygen atoms in total. The molecule has 0 aliphatic heterocycles. The third-order valence-corrected chi connectivity index (χ3v) is 2.56. The van der Waals surface area contributed by atoms with Crippen LogP contribution in [0.4, 0.5) is 10.5 Å². The summed E-state index contributed by atoms with van der Waals surface area (Å²) in [7, 11) is 3.32. The number of carbonyl (C=O) groups is 1. The molecule has 3 N–H and O–H groups in total. The van der Waals surface area contributed by atoms with Gasteiger partial charge >= 0.3 is 6.03 Å². The Morgan fingerprint density at radius 1 is 1.53 bits per heavy atom. The molecule has 1 rings (SSSR count). The first-order valence-corrected chi connectivity index (χ1v) is 5.49. The number of hydrogen-bond acceptors (Lipinski definition) is 3. The Bertz CT molecular complexity index is 393. The fourth-order valence-electron chi connectivity index (χ4n) is 1.35. The highest BCUT2D eigenvalue weighted by Gasteiger charge is 2.06. The van der Waals surface area contributed by atoms with Gasteiger partial charge in [-0.15, -0.1) is 0 Å². The van der Waals surface area contributed by atoms with E-state index in [2.05, 4.69) is 5.32 Å². The molecule has 1 aromatic carbocycles. The summed E-state index contributed by atoms with van der Waals surface area (Å²) in [6.45, 7) is 3.05. The highest BCUT2D eigenvalue weighted by molar-refractivity contribution is 5.73. The van der Waals surface area contributed by atoms with Gasteiger partial charge in [-0.1, -0.05) is 6.07 Å².